The summed E-state index contributed by atoms with van der Waals surface area (Å²) in [6, 6.07) is 28.0. The first kappa shape index (κ1) is 66.4. The molecule has 2 aromatic carbocycles. The van der Waals surface area contributed by atoms with Gasteiger partial charge in [-0.15, -0.1) is 22.7 Å². The van der Waals surface area contributed by atoms with E-state index in [2.05, 4.69) is 44.9 Å². The van der Waals surface area contributed by atoms with Gasteiger partial charge in [-0.3, -0.25) is 9.80 Å². The molecule has 0 unspecified atom stereocenters. The van der Waals surface area contributed by atoms with Crippen LogP contribution in [0.4, 0.5) is 8.78 Å². The number of hydrogen-bond donors (Lipinski definition) is 1. The van der Waals surface area contributed by atoms with E-state index in [9.17, 15) is 18.7 Å². The molecule has 8 aromatic rings. The maximum atomic E-state index is 14.2. The molecule has 4 fully saturated rings. The minimum atomic E-state index is -0.928. The molecule has 12 rings (SSSR count). The van der Waals surface area contributed by atoms with Gasteiger partial charge in [-0.2, -0.15) is 27.0 Å². The number of benzene rings is 2. The van der Waals surface area contributed by atoms with Crippen LogP contribution in [0.15, 0.2) is 84.9 Å². The zero-order chi connectivity index (χ0) is 59.1. The largest absolute Gasteiger partial charge is 0.477 e. The first-order valence-electron chi connectivity index (χ1n) is 28.1. The van der Waals surface area contributed by atoms with Crippen molar-refractivity contribution in [1.29, 1.82) is 10.5 Å². The molecule has 2 atom stereocenters. The molecule has 0 bridgehead atoms. The van der Waals surface area contributed by atoms with Crippen molar-refractivity contribution in [2.24, 2.45) is 0 Å². The molecule has 86 heavy (non-hydrogen) atoms. The number of fused-ring (bicyclic) bond motifs is 2. The van der Waals surface area contributed by atoms with E-state index in [-0.39, 0.29) is 65.4 Å². The fraction of sp³-hybridized carbons (Fsp3) is 0.413. The average Bonchev–Trinajstić information content (AvgIpc) is 2.01. The van der Waals surface area contributed by atoms with Crippen molar-refractivity contribution in [1.82, 2.24) is 38.9 Å². The predicted molar refractivity (Wildman–Crippen MR) is 317 cm³/mol. The Bertz CT molecular complexity index is 3660. The van der Waals surface area contributed by atoms with Crippen LogP contribution in [-0.4, -0.2) is 108 Å². The number of aromatic nitrogens is 6. The molecule has 452 valence electrons. The van der Waals surface area contributed by atoms with Crippen molar-refractivity contribution in [2.45, 2.75) is 130 Å². The summed E-state index contributed by atoms with van der Waals surface area (Å²) in [4.78, 5) is 55.7. The summed E-state index contributed by atoms with van der Waals surface area (Å²) in [5, 5.41) is 27.3. The SMILES string of the molecule is C.CCc1cc2nc(CN3CCC(c4cccc(OCc5ccc(C#N)cc5F)n4)CC3)n(C[C@@H]3CCO3)c2s1.N#Cc1ccc(COc2cccc(C3CCN(Cc4nc5cc(C(=O)O)sc5n4C[C@@H]4CCO4)CC3)n2)c(F)c1.O=C=O.[CH2-]C.[W]. The van der Waals surface area contributed by atoms with Crippen molar-refractivity contribution in [2.75, 3.05) is 39.4 Å². The number of carbonyl (C=O) groups is 1. The van der Waals surface area contributed by atoms with Crippen molar-refractivity contribution in [3.05, 3.63) is 159 Å². The minimum Gasteiger partial charge on any atom is -0.477 e. The van der Waals surface area contributed by atoms with E-state index in [0.29, 0.717) is 58.4 Å². The number of nitriles is 2. The normalized spacial score (nSPS) is 16.8. The number of thiophene rings is 2. The number of carboxylic acid groups (broad SMARTS) is 1. The van der Waals surface area contributed by atoms with Gasteiger partial charge in [0.1, 0.15) is 62.1 Å². The van der Waals surface area contributed by atoms with Gasteiger partial charge in [-0.25, -0.2) is 33.5 Å². The third kappa shape index (κ3) is 16.7. The third-order valence-corrected chi connectivity index (χ3v) is 17.7. The van der Waals surface area contributed by atoms with Crippen molar-refractivity contribution in [3.8, 4) is 23.9 Å². The minimum absolute atomic E-state index is 0. The molecule has 4 saturated heterocycles. The Hall–Kier alpha value is -7.10. The van der Waals surface area contributed by atoms with Gasteiger partial charge in [-0.05, 0) is 120 Å². The van der Waals surface area contributed by atoms with Gasteiger partial charge in [0.05, 0.1) is 61.7 Å². The van der Waals surface area contributed by atoms with Crippen LogP contribution >= 0.6 is 22.7 Å². The second kappa shape index (κ2) is 32.0. The fourth-order valence-corrected chi connectivity index (χ4v) is 12.6. The summed E-state index contributed by atoms with van der Waals surface area (Å²) in [5.41, 5.74) is 5.17. The Balaban J connectivity index is 0.000000224. The number of ether oxygens (including phenoxy) is 4. The van der Waals surface area contributed by atoms with Crippen LogP contribution in [0.25, 0.3) is 20.7 Å². The van der Waals surface area contributed by atoms with E-state index in [4.69, 9.17) is 59.0 Å². The molecule has 0 spiro atoms. The molecule has 4 aliphatic rings. The second-order valence-corrected chi connectivity index (χ2v) is 22.7. The Labute approximate surface area is 521 Å². The zero-order valence-corrected chi connectivity index (χ0v) is 51.9. The van der Waals surface area contributed by atoms with Gasteiger partial charge in [-0.1, -0.05) is 38.6 Å². The predicted octanol–water partition coefficient (Wildman–Crippen LogP) is 11.7. The first-order chi connectivity index (χ1) is 41.0. The molecule has 23 heteroatoms. The van der Waals surface area contributed by atoms with Crippen LogP contribution in [0.3, 0.4) is 0 Å². The number of halogens is 2. The maximum Gasteiger partial charge on any atom is 0.373 e. The van der Waals surface area contributed by atoms with Crippen LogP contribution in [-0.2, 0) is 85.9 Å². The van der Waals surface area contributed by atoms with Gasteiger partial charge in [0.2, 0.25) is 11.8 Å². The molecule has 1 N–H and O–H groups in total. The number of pyridine rings is 2. The molecular weight excluding hydrogens is 1310 g/mol. The summed E-state index contributed by atoms with van der Waals surface area (Å²) >= 11 is 3.13. The summed E-state index contributed by atoms with van der Waals surface area (Å²) < 4.78 is 56.0. The number of nitrogens with zero attached hydrogens (tertiary/aromatic N) is 10. The number of likely N-dealkylation sites (tertiary alicyclic amines) is 2. The van der Waals surface area contributed by atoms with E-state index < -0.39 is 17.6 Å². The molecule has 10 heterocycles. The standard InChI is InChI=1S/C30H32FN5O2S.C29H28FN5O4S.C2H5.CO2.CH4.W/c1-2-24-15-27-30(39-24)36(17-23-10-13-37-23)28(33-27)18-35-11-8-21(9-12-35)26-4-3-5-29(34-26)38-19-22-7-6-20(16-32)14-25(22)31;30-22-12-18(14-31)4-5-20(22)17-39-27-3-1-2-23(33-27)19-6-9-34(10-7-19)16-26-32-24-13-25(29(36)37)40-28(24)35(26)15-21-8-11-38-21;1-2;2-1-3;;/h3-7,14-15,21,23H,2,8-13,17-19H2,1H3;1-5,12-13,19,21H,6-11,15-17H2,(H,36,37);1H2,2H3;;1H4;/q;;-1;;;/t23-;21-;;;;/m00..../s1. The van der Waals surface area contributed by atoms with E-state index in [1.807, 2.05) is 41.7 Å². The smallest absolute Gasteiger partial charge is 0.373 e. The molecular formula is C63H69F2N10O8S2W-. The van der Waals surface area contributed by atoms with Gasteiger partial charge >= 0.3 is 12.1 Å². The van der Waals surface area contributed by atoms with Gasteiger partial charge in [0, 0.05) is 85.6 Å². The molecule has 18 nitrogen and oxygen atoms in total. The average molecular weight is 1380 g/mol. The van der Waals surface area contributed by atoms with Crippen LogP contribution in [0.1, 0.15) is 131 Å². The number of piperidine rings is 2. The van der Waals surface area contributed by atoms with Gasteiger partial charge in [0.25, 0.3) is 0 Å². The van der Waals surface area contributed by atoms with Crippen LogP contribution in [0, 0.1) is 41.2 Å². The molecule has 0 amide bonds. The van der Waals surface area contributed by atoms with Gasteiger partial charge < -0.3 is 40.1 Å². The monoisotopic (exact) mass is 1380 g/mol. The van der Waals surface area contributed by atoms with E-state index >= 15 is 0 Å². The molecule has 0 saturated carbocycles. The van der Waals surface area contributed by atoms with Crippen LogP contribution in [0.2, 0.25) is 0 Å². The molecule has 0 radical (unpaired) electrons. The van der Waals surface area contributed by atoms with Crippen molar-refractivity contribution < 1.29 is 68.3 Å². The Morgan fingerprint density at radius 3 is 1.49 bits per heavy atom. The number of rotatable bonds is 18. The summed E-state index contributed by atoms with van der Waals surface area (Å²) in [6.07, 6.45) is 7.75. The van der Waals surface area contributed by atoms with E-state index in [1.54, 1.807) is 49.4 Å². The second-order valence-electron chi connectivity index (χ2n) is 20.6. The maximum absolute atomic E-state index is 14.2. The first-order valence-corrected chi connectivity index (χ1v) is 29.8. The van der Waals surface area contributed by atoms with E-state index in [0.717, 1.165) is 136 Å². The number of imidazole rings is 2. The summed E-state index contributed by atoms with van der Waals surface area (Å²) in [5.74, 6) is 1.82. The molecule has 0 aliphatic carbocycles. The Morgan fingerprint density at radius 1 is 0.674 bits per heavy atom. The Morgan fingerprint density at radius 2 is 1.10 bits per heavy atom. The van der Waals surface area contributed by atoms with Crippen molar-refractivity contribution in [3.63, 3.8) is 0 Å². The quantitative estimate of drug-likeness (QED) is 0.0789. The molecule has 6 aromatic heterocycles. The van der Waals surface area contributed by atoms with Crippen LogP contribution < -0.4 is 9.47 Å². The van der Waals surface area contributed by atoms with Crippen LogP contribution in [0.5, 0.6) is 11.8 Å². The zero-order valence-electron chi connectivity index (χ0n) is 47.3. The molecule has 4 aliphatic heterocycles. The summed E-state index contributed by atoms with van der Waals surface area (Å²) in [7, 11) is 0. The number of aryl methyl sites for hydroxylation is 1. The topological polar surface area (TPSA) is 224 Å². The fourth-order valence-electron chi connectivity index (χ4n) is 10.6. The van der Waals surface area contributed by atoms with Crippen molar-refractivity contribution >= 4 is 55.5 Å². The Kier molecular flexibility index (Phi) is 24.7. The van der Waals surface area contributed by atoms with E-state index in [1.165, 1.54) is 33.2 Å². The number of carbonyl (C=O) groups excluding carboxylic acids is 2. The number of hydrogen-bond acceptors (Lipinski definition) is 17. The van der Waals surface area contributed by atoms with Gasteiger partial charge in [0.15, 0.2) is 0 Å². The number of aromatic carboxylic acids is 1. The third-order valence-electron chi connectivity index (χ3n) is 15.3. The number of carboxylic acids is 1. The summed E-state index contributed by atoms with van der Waals surface area (Å²) in [6.45, 7) is 15.8.